The van der Waals surface area contributed by atoms with Crippen LogP contribution < -0.4 is 0 Å². The smallest absolute Gasteiger partial charge is 0.308 e. The number of esters is 1. The molecule has 2 rings (SSSR count). The molecule has 2 nitrogen and oxygen atoms in total. The average Bonchev–Trinajstić information content (AvgIpc) is 2.13. The summed E-state index contributed by atoms with van der Waals surface area (Å²) in [5, 5.41) is 0. The second-order valence-electron chi connectivity index (χ2n) is 3.15. The summed E-state index contributed by atoms with van der Waals surface area (Å²) in [6.07, 6.45) is 3.64. The molecular formula is C12H10O2. The van der Waals surface area contributed by atoms with Gasteiger partial charge >= 0.3 is 5.97 Å². The molecule has 70 valence electrons. The molecule has 0 bridgehead atoms. The Labute approximate surface area is 82.5 Å². The molecule has 0 aliphatic heterocycles. The van der Waals surface area contributed by atoms with Gasteiger partial charge in [-0.25, -0.2) is 0 Å². The molecule has 0 spiro atoms. The van der Waals surface area contributed by atoms with Gasteiger partial charge in [-0.05, 0) is 23.3 Å². The lowest BCUT2D eigenvalue weighted by molar-refractivity contribution is -0.134. The van der Waals surface area contributed by atoms with Crippen LogP contribution in [0.1, 0.15) is 23.6 Å². The predicted molar refractivity (Wildman–Crippen MR) is 56.2 cm³/mol. The first kappa shape index (κ1) is 8.75. The van der Waals surface area contributed by atoms with Gasteiger partial charge in [-0.1, -0.05) is 24.8 Å². The van der Waals surface area contributed by atoms with Gasteiger partial charge < -0.3 is 4.74 Å². The van der Waals surface area contributed by atoms with Crippen molar-refractivity contribution in [2.75, 3.05) is 0 Å². The van der Waals surface area contributed by atoms with Gasteiger partial charge in [0.15, 0.2) is 0 Å². The summed E-state index contributed by atoms with van der Waals surface area (Å²) < 4.78 is 4.98. The van der Waals surface area contributed by atoms with Gasteiger partial charge in [0.1, 0.15) is 5.76 Å². The van der Waals surface area contributed by atoms with E-state index in [2.05, 4.69) is 6.58 Å². The lowest BCUT2D eigenvalue weighted by Gasteiger charge is -2.18. The van der Waals surface area contributed by atoms with Crippen molar-refractivity contribution in [1.82, 2.24) is 0 Å². The fraction of sp³-hybridized carbons (Fsp3) is 0.0833. The Hall–Kier alpha value is -1.83. The molecule has 14 heavy (non-hydrogen) atoms. The normalized spacial score (nSPS) is 12.2. The molecule has 1 aliphatic rings. The van der Waals surface area contributed by atoms with Crippen molar-refractivity contribution in [2.24, 2.45) is 0 Å². The summed E-state index contributed by atoms with van der Waals surface area (Å²) >= 11 is 0. The van der Waals surface area contributed by atoms with Crippen molar-refractivity contribution < 1.29 is 9.53 Å². The number of benzene rings is 1. The molecule has 0 atom stereocenters. The van der Waals surface area contributed by atoms with E-state index in [1.54, 1.807) is 6.08 Å². The van der Waals surface area contributed by atoms with Gasteiger partial charge in [0.05, 0.1) is 0 Å². The minimum atomic E-state index is -0.283. The van der Waals surface area contributed by atoms with Crippen LogP contribution in [0.15, 0.2) is 24.8 Å². The topological polar surface area (TPSA) is 26.3 Å². The zero-order valence-corrected chi connectivity index (χ0v) is 7.91. The molecule has 0 heterocycles. The van der Waals surface area contributed by atoms with Crippen molar-refractivity contribution >= 4 is 23.9 Å². The summed E-state index contributed by atoms with van der Waals surface area (Å²) in [7, 11) is 0. The number of hydrogen-bond acceptors (Lipinski definition) is 2. The Morgan fingerprint density at radius 3 is 2.86 bits per heavy atom. The number of carbonyl (C=O) groups excluding carboxylic acids is 1. The van der Waals surface area contributed by atoms with Crippen LogP contribution in [0.5, 0.6) is 0 Å². The summed E-state index contributed by atoms with van der Waals surface area (Å²) in [6.45, 7) is 5.09. The standard InChI is InChI=1S/C12H10O2/c1-3-9-4-5-11-10(6-9)7-12(11)14-8(2)13/h3-7H,1H2,2H3. The van der Waals surface area contributed by atoms with Crippen molar-refractivity contribution in [3.63, 3.8) is 0 Å². The molecule has 0 N–H and O–H groups in total. The van der Waals surface area contributed by atoms with Crippen LogP contribution in [-0.2, 0) is 9.53 Å². The number of rotatable bonds is 2. The highest BCUT2D eigenvalue weighted by Gasteiger charge is 2.18. The van der Waals surface area contributed by atoms with E-state index in [4.69, 9.17) is 4.74 Å². The van der Waals surface area contributed by atoms with E-state index in [0.29, 0.717) is 5.76 Å². The minimum Gasteiger partial charge on any atom is -0.426 e. The van der Waals surface area contributed by atoms with E-state index in [-0.39, 0.29) is 5.97 Å². The Kier molecular flexibility index (Phi) is 1.97. The first-order valence-electron chi connectivity index (χ1n) is 4.37. The average molecular weight is 186 g/mol. The Morgan fingerprint density at radius 2 is 2.29 bits per heavy atom. The van der Waals surface area contributed by atoms with E-state index >= 15 is 0 Å². The molecule has 0 radical (unpaired) electrons. The molecule has 1 aliphatic carbocycles. The maximum atomic E-state index is 10.7. The maximum Gasteiger partial charge on any atom is 0.308 e. The van der Waals surface area contributed by atoms with E-state index in [1.165, 1.54) is 6.92 Å². The zero-order valence-electron chi connectivity index (χ0n) is 7.91. The van der Waals surface area contributed by atoms with Gasteiger partial charge in [0.2, 0.25) is 0 Å². The van der Waals surface area contributed by atoms with Gasteiger partial charge in [-0.3, -0.25) is 4.79 Å². The van der Waals surface area contributed by atoms with Crippen LogP contribution in [-0.4, -0.2) is 5.97 Å². The van der Waals surface area contributed by atoms with Crippen LogP contribution in [0.2, 0.25) is 0 Å². The van der Waals surface area contributed by atoms with Gasteiger partial charge in [-0.15, -0.1) is 0 Å². The lowest BCUT2D eigenvalue weighted by Crippen LogP contribution is -2.06. The molecular weight excluding hydrogens is 176 g/mol. The van der Waals surface area contributed by atoms with Crippen LogP contribution in [0.3, 0.4) is 0 Å². The minimum absolute atomic E-state index is 0.283. The highest BCUT2D eigenvalue weighted by atomic mass is 16.5. The van der Waals surface area contributed by atoms with Crippen molar-refractivity contribution in [3.05, 3.63) is 41.5 Å². The monoisotopic (exact) mass is 186 g/mol. The Balaban J connectivity index is 2.25. The van der Waals surface area contributed by atoms with Crippen molar-refractivity contribution in [3.8, 4) is 0 Å². The van der Waals surface area contributed by atoms with Crippen LogP contribution in [0, 0.1) is 0 Å². The van der Waals surface area contributed by atoms with Crippen molar-refractivity contribution in [2.45, 2.75) is 6.92 Å². The van der Waals surface area contributed by atoms with Crippen molar-refractivity contribution in [1.29, 1.82) is 0 Å². The molecule has 1 aromatic rings. The number of hydrogen-bond donors (Lipinski definition) is 0. The van der Waals surface area contributed by atoms with E-state index in [1.807, 2.05) is 24.3 Å². The third-order valence-corrected chi connectivity index (χ3v) is 2.12. The van der Waals surface area contributed by atoms with E-state index in [0.717, 1.165) is 16.7 Å². The molecule has 0 unspecified atom stereocenters. The molecule has 0 aromatic heterocycles. The molecule has 0 saturated carbocycles. The number of ether oxygens (including phenoxy) is 1. The fourth-order valence-electron chi connectivity index (χ4n) is 1.43. The van der Waals surface area contributed by atoms with Crippen LogP contribution in [0.25, 0.3) is 17.9 Å². The third-order valence-electron chi connectivity index (χ3n) is 2.12. The second kappa shape index (κ2) is 3.14. The summed E-state index contributed by atoms with van der Waals surface area (Å²) in [4.78, 5) is 10.7. The molecule has 0 amide bonds. The molecule has 2 heteroatoms. The van der Waals surface area contributed by atoms with Crippen LogP contribution in [0.4, 0.5) is 0 Å². The molecule has 0 fully saturated rings. The van der Waals surface area contributed by atoms with Crippen LogP contribution >= 0.6 is 0 Å². The lowest BCUT2D eigenvalue weighted by atomic mass is 9.93. The molecule has 1 aromatic carbocycles. The fourth-order valence-corrected chi connectivity index (χ4v) is 1.43. The SMILES string of the molecule is C=Cc1ccc2c(c1)C=C2OC(C)=O. The van der Waals surface area contributed by atoms with E-state index < -0.39 is 0 Å². The maximum absolute atomic E-state index is 10.7. The summed E-state index contributed by atoms with van der Waals surface area (Å²) in [5.41, 5.74) is 3.16. The van der Waals surface area contributed by atoms with Gasteiger partial charge in [-0.2, -0.15) is 0 Å². The molecule has 0 saturated heterocycles. The Morgan fingerprint density at radius 1 is 1.50 bits per heavy atom. The second-order valence-corrected chi connectivity index (χ2v) is 3.15. The number of carbonyl (C=O) groups is 1. The third kappa shape index (κ3) is 1.35. The van der Waals surface area contributed by atoms with Gasteiger partial charge in [0.25, 0.3) is 0 Å². The first-order chi connectivity index (χ1) is 6.70. The number of fused-ring (bicyclic) bond motifs is 1. The quantitative estimate of drug-likeness (QED) is 0.664. The van der Waals surface area contributed by atoms with Gasteiger partial charge in [0, 0.05) is 12.5 Å². The summed E-state index contributed by atoms with van der Waals surface area (Å²) in [6, 6.07) is 5.89. The highest BCUT2D eigenvalue weighted by Crippen LogP contribution is 2.33. The summed E-state index contributed by atoms with van der Waals surface area (Å²) in [5.74, 6) is 0.373. The zero-order chi connectivity index (χ0) is 10.1. The largest absolute Gasteiger partial charge is 0.426 e. The van der Waals surface area contributed by atoms with E-state index in [9.17, 15) is 4.79 Å². The Bertz CT molecular complexity index is 442. The first-order valence-corrected chi connectivity index (χ1v) is 4.37. The predicted octanol–water partition coefficient (Wildman–Crippen LogP) is 2.70. The highest BCUT2D eigenvalue weighted by molar-refractivity contribution is 5.96.